The summed E-state index contributed by atoms with van der Waals surface area (Å²) in [4.78, 5) is 4.22. The molecule has 21 heavy (non-hydrogen) atoms. The molecule has 2 aliphatic rings. The van der Waals surface area contributed by atoms with Crippen LogP contribution in [0.1, 0.15) is 43.3 Å². The fourth-order valence-corrected chi connectivity index (χ4v) is 3.13. The number of halogens is 1. The molecule has 0 aliphatic heterocycles. The predicted octanol–water partition coefficient (Wildman–Crippen LogP) is 2.87. The van der Waals surface area contributed by atoms with Gasteiger partial charge < -0.3 is 5.73 Å². The van der Waals surface area contributed by atoms with Crippen LogP contribution in [0.15, 0.2) is 24.5 Å². The first-order chi connectivity index (χ1) is 10.3. The Morgan fingerprint density at radius 3 is 2.81 bits per heavy atom. The average molecular weight is 286 g/mol. The highest BCUT2D eigenvalue weighted by Gasteiger charge is 2.35. The molecule has 2 N–H and O–H groups in total. The first-order valence-corrected chi connectivity index (χ1v) is 7.66. The lowest BCUT2D eigenvalue weighted by Crippen LogP contribution is -2.32. The fraction of sp³-hybridized carbons (Fsp3) is 0.500. The Hall–Kier alpha value is -1.75. The molecule has 4 rings (SSSR count). The average Bonchev–Trinajstić information content (AvgIpc) is 3.19. The molecule has 0 radical (unpaired) electrons. The van der Waals surface area contributed by atoms with Crippen LogP contribution in [0, 0.1) is 11.7 Å². The molecule has 2 aromatic rings. The second kappa shape index (κ2) is 4.91. The van der Waals surface area contributed by atoms with Gasteiger partial charge in [-0.3, -0.25) is 9.67 Å². The summed E-state index contributed by atoms with van der Waals surface area (Å²) in [6, 6.07) is 3.50. The van der Waals surface area contributed by atoms with Crippen molar-refractivity contribution in [2.24, 2.45) is 11.7 Å². The number of pyridine rings is 1. The molecular weight excluding hydrogens is 267 g/mol. The van der Waals surface area contributed by atoms with Gasteiger partial charge >= 0.3 is 0 Å². The maximum absolute atomic E-state index is 14.0. The van der Waals surface area contributed by atoms with Gasteiger partial charge in [0.05, 0.1) is 11.7 Å². The maximum Gasteiger partial charge on any atom is 0.149 e. The second-order valence-electron chi connectivity index (χ2n) is 6.24. The van der Waals surface area contributed by atoms with Crippen LogP contribution in [0.25, 0.3) is 11.3 Å². The lowest BCUT2D eigenvalue weighted by atomic mass is 9.80. The van der Waals surface area contributed by atoms with Crippen molar-refractivity contribution in [3.8, 4) is 11.3 Å². The summed E-state index contributed by atoms with van der Waals surface area (Å²) in [6.45, 7) is 0.745. The van der Waals surface area contributed by atoms with Crippen molar-refractivity contribution in [3.63, 3.8) is 0 Å². The highest BCUT2D eigenvalue weighted by Crippen LogP contribution is 2.45. The standard InChI is InChI=1S/C16H19FN4/c17-14-2-1-5-19-16(14)13-9-21(12-6-10(7-12)8-18)20-15(13)11-3-4-11/h1-2,5,9-12H,3-4,6-8,18H2. The number of hydrogen-bond acceptors (Lipinski definition) is 3. The van der Waals surface area contributed by atoms with E-state index in [9.17, 15) is 4.39 Å². The van der Waals surface area contributed by atoms with Gasteiger partial charge in [-0.25, -0.2) is 4.39 Å². The Labute approximate surface area is 123 Å². The predicted molar refractivity (Wildman–Crippen MR) is 78.2 cm³/mol. The van der Waals surface area contributed by atoms with Crippen LogP contribution in [0.2, 0.25) is 0 Å². The van der Waals surface area contributed by atoms with E-state index in [1.165, 1.54) is 6.07 Å². The van der Waals surface area contributed by atoms with Gasteiger partial charge in [-0.2, -0.15) is 5.10 Å². The molecule has 110 valence electrons. The first kappa shape index (κ1) is 13.0. The molecular formula is C16H19FN4. The van der Waals surface area contributed by atoms with Gasteiger partial charge in [0.1, 0.15) is 11.5 Å². The molecule has 0 saturated heterocycles. The number of nitrogens with zero attached hydrogens (tertiary/aromatic N) is 3. The van der Waals surface area contributed by atoms with E-state index in [4.69, 9.17) is 10.8 Å². The molecule has 2 aliphatic carbocycles. The summed E-state index contributed by atoms with van der Waals surface area (Å²) < 4.78 is 16.1. The highest BCUT2D eigenvalue weighted by molar-refractivity contribution is 5.63. The lowest BCUT2D eigenvalue weighted by molar-refractivity contribution is 0.189. The summed E-state index contributed by atoms with van der Waals surface area (Å²) in [5, 5.41) is 4.75. The quantitative estimate of drug-likeness (QED) is 0.940. The molecule has 0 bridgehead atoms. The molecule has 0 unspecified atom stereocenters. The minimum atomic E-state index is -0.271. The van der Waals surface area contributed by atoms with Crippen LogP contribution in [0.4, 0.5) is 4.39 Å². The second-order valence-corrected chi connectivity index (χ2v) is 6.24. The zero-order chi connectivity index (χ0) is 14.4. The van der Waals surface area contributed by atoms with Gasteiger partial charge in [0.2, 0.25) is 0 Å². The Kier molecular flexibility index (Phi) is 3.03. The van der Waals surface area contributed by atoms with Crippen LogP contribution in [0.3, 0.4) is 0 Å². The van der Waals surface area contributed by atoms with Crippen molar-refractivity contribution in [1.82, 2.24) is 14.8 Å². The Balaban J connectivity index is 1.70. The van der Waals surface area contributed by atoms with Crippen molar-refractivity contribution in [2.45, 2.75) is 37.6 Å². The van der Waals surface area contributed by atoms with Gasteiger partial charge in [0, 0.05) is 23.9 Å². The number of aromatic nitrogens is 3. The van der Waals surface area contributed by atoms with Crippen LogP contribution >= 0.6 is 0 Å². The minimum absolute atomic E-state index is 0.271. The molecule has 0 amide bonds. The molecule has 2 saturated carbocycles. The Morgan fingerprint density at radius 2 is 2.14 bits per heavy atom. The van der Waals surface area contributed by atoms with E-state index in [1.54, 1.807) is 12.3 Å². The summed E-state index contributed by atoms with van der Waals surface area (Å²) in [6.07, 6.45) is 8.07. The zero-order valence-corrected chi connectivity index (χ0v) is 11.9. The molecule has 4 nitrogen and oxygen atoms in total. The smallest absolute Gasteiger partial charge is 0.149 e. The monoisotopic (exact) mass is 286 g/mol. The molecule has 0 spiro atoms. The van der Waals surface area contributed by atoms with E-state index in [-0.39, 0.29) is 5.82 Å². The topological polar surface area (TPSA) is 56.7 Å². The third-order valence-electron chi connectivity index (χ3n) is 4.66. The normalized spacial score (nSPS) is 24.9. The third kappa shape index (κ3) is 2.25. The first-order valence-electron chi connectivity index (χ1n) is 7.66. The van der Waals surface area contributed by atoms with Gasteiger partial charge in [0.15, 0.2) is 0 Å². The van der Waals surface area contributed by atoms with E-state index in [1.807, 2.05) is 10.9 Å². The summed E-state index contributed by atoms with van der Waals surface area (Å²) in [5.74, 6) is 0.819. The molecule has 2 aromatic heterocycles. The van der Waals surface area contributed by atoms with Crippen molar-refractivity contribution >= 4 is 0 Å². The molecule has 2 heterocycles. The van der Waals surface area contributed by atoms with Crippen molar-refractivity contribution in [3.05, 3.63) is 36.0 Å². The van der Waals surface area contributed by atoms with Crippen molar-refractivity contribution in [2.75, 3.05) is 6.54 Å². The number of rotatable bonds is 4. The number of hydrogen-bond donors (Lipinski definition) is 1. The van der Waals surface area contributed by atoms with E-state index in [2.05, 4.69) is 4.98 Å². The molecule has 0 atom stereocenters. The van der Waals surface area contributed by atoms with E-state index < -0.39 is 0 Å². The van der Waals surface area contributed by atoms with Crippen molar-refractivity contribution in [1.29, 1.82) is 0 Å². The van der Waals surface area contributed by atoms with Crippen LogP contribution in [-0.4, -0.2) is 21.3 Å². The highest BCUT2D eigenvalue weighted by atomic mass is 19.1. The van der Waals surface area contributed by atoms with Gasteiger partial charge in [-0.15, -0.1) is 0 Å². The molecule has 5 heteroatoms. The SMILES string of the molecule is NCC1CC(n2cc(-c3ncccc3F)c(C3CC3)n2)C1. The minimum Gasteiger partial charge on any atom is -0.330 e. The zero-order valence-electron chi connectivity index (χ0n) is 11.9. The van der Waals surface area contributed by atoms with Gasteiger partial charge in [-0.05, 0) is 50.3 Å². The summed E-state index contributed by atoms with van der Waals surface area (Å²) >= 11 is 0. The van der Waals surface area contributed by atoms with Gasteiger partial charge in [-0.1, -0.05) is 0 Å². The molecule has 0 aromatic carbocycles. The van der Waals surface area contributed by atoms with Crippen LogP contribution < -0.4 is 5.73 Å². The Morgan fingerprint density at radius 1 is 1.33 bits per heavy atom. The summed E-state index contributed by atoms with van der Waals surface area (Å²) in [5.41, 5.74) is 8.00. The number of nitrogens with two attached hydrogens (primary N) is 1. The van der Waals surface area contributed by atoms with E-state index in [0.29, 0.717) is 23.6 Å². The lowest BCUT2D eigenvalue weighted by Gasteiger charge is -2.34. The maximum atomic E-state index is 14.0. The van der Waals surface area contributed by atoms with E-state index >= 15 is 0 Å². The summed E-state index contributed by atoms with van der Waals surface area (Å²) in [7, 11) is 0. The van der Waals surface area contributed by atoms with Crippen LogP contribution in [-0.2, 0) is 0 Å². The van der Waals surface area contributed by atoms with Crippen LogP contribution in [0.5, 0.6) is 0 Å². The Bertz CT molecular complexity index is 656. The third-order valence-corrected chi connectivity index (χ3v) is 4.66. The largest absolute Gasteiger partial charge is 0.330 e. The van der Waals surface area contributed by atoms with E-state index in [0.717, 1.165) is 43.5 Å². The van der Waals surface area contributed by atoms with Crippen molar-refractivity contribution < 1.29 is 4.39 Å². The molecule has 2 fully saturated rings. The fourth-order valence-electron chi connectivity index (χ4n) is 3.13. The van der Waals surface area contributed by atoms with Gasteiger partial charge in [0.25, 0.3) is 0 Å².